The molecule has 1 aromatic carbocycles. The Labute approximate surface area is 175 Å². The third-order valence-corrected chi connectivity index (χ3v) is 6.73. The van der Waals surface area contributed by atoms with Gasteiger partial charge in [-0.05, 0) is 45.9 Å². The number of anilines is 2. The average Bonchev–Trinajstić information content (AvgIpc) is 3.08. The van der Waals surface area contributed by atoms with Crippen LogP contribution in [0.3, 0.4) is 0 Å². The van der Waals surface area contributed by atoms with Gasteiger partial charge < -0.3 is 24.4 Å². The van der Waals surface area contributed by atoms with Gasteiger partial charge in [-0.15, -0.1) is 11.3 Å². The summed E-state index contributed by atoms with van der Waals surface area (Å²) < 4.78 is 29.2. The molecule has 2 N–H and O–H groups in total. The summed E-state index contributed by atoms with van der Waals surface area (Å²) in [4.78, 5) is 9.07. The maximum absolute atomic E-state index is 12.7. The third kappa shape index (κ3) is 5.79. The molecule has 8 nitrogen and oxygen atoms in total. The first kappa shape index (κ1) is 21.8. The van der Waals surface area contributed by atoms with Gasteiger partial charge in [0.15, 0.2) is 5.13 Å². The SMILES string of the molecule is CCOP(=O)(Cc1csc(NC2=NCNc3ccc(OC(C)C)cc32)n1)OCC. The highest BCUT2D eigenvalue weighted by Gasteiger charge is 2.26. The summed E-state index contributed by atoms with van der Waals surface area (Å²) >= 11 is 1.42. The molecule has 1 aliphatic heterocycles. The van der Waals surface area contributed by atoms with Crippen molar-refractivity contribution in [2.75, 3.05) is 30.5 Å². The quantitative estimate of drug-likeness (QED) is 0.536. The van der Waals surface area contributed by atoms with Gasteiger partial charge in [0, 0.05) is 16.6 Å². The zero-order valence-electron chi connectivity index (χ0n) is 17.1. The number of rotatable bonds is 9. The normalized spacial score (nSPS) is 13.6. The third-order valence-electron chi connectivity index (χ3n) is 3.91. The van der Waals surface area contributed by atoms with E-state index in [0.29, 0.717) is 36.5 Å². The Morgan fingerprint density at radius 2 is 2.03 bits per heavy atom. The smallest absolute Gasteiger partial charge is 0.336 e. The lowest BCUT2D eigenvalue weighted by atomic mass is 10.1. The van der Waals surface area contributed by atoms with E-state index in [1.807, 2.05) is 37.4 Å². The second kappa shape index (κ2) is 9.71. The molecule has 0 aliphatic carbocycles. The minimum absolute atomic E-state index is 0.0887. The second-order valence-electron chi connectivity index (χ2n) is 6.59. The summed E-state index contributed by atoms with van der Waals surface area (Å²) in [5, 5.41) is 9.05. The number of aromatic nitrogens is 1. The molecule has 1 aliphatic rings. The van der Waals surface area contributed by atoms with Crippen molar-refractivity contribution >= 4 is 35.6 Å². The fourth-order valence-corrected chi connectivity index (χ4v) is 5.31. The summed E-state index contributed by atoms with van der Waals surface area (Å²) in [6, 6.07) is 5.88. The van der Waals surface area contributed by atoms with Gasteiger partial charge in [-0.2, -0.15) is 0 Å². The van der Waals surface area contributed by atoms with Crippen molar-refractivity contribution in [1.29, 1.82) is 0 Å². The molecule has 158 valence electrons. The predicted octanol–water partition coefficient (Wildman–Crippen LogP) is 4.94. The maximum Gasteiger partial charge on any atom is 0.336 e. The van der Waals surface area contributed by atoms with E-state index in [1.54, 1.807) is 13.8 Å². The van der Waals surface area contributed by atoms with Gasteiger partial charge in [0.25, 0.3) is 0 Å². The van der Waals surface area contributed by atoms with E-state index in [1.165, 1.54) is 11.3 Å². The van der Waals surface area contributed by atoms with Gasteiger partial charge in [0.2, 0.25) is 0 Å². The Kier molecular flexibility index (Phi) is 7.29. The molecule has 10 heteroatoms. The molecule has 0 amide bonds. The van der Waals surface area contributed by atoms with E-state index in [2.05, 4.69) is 20.6 Å². The van der Waals surface area contributed by atoms with Crippen molar-refractivity contribution in [3.05, 3.63) is 34.8 Å². The van der Waals surface area contributed by atoms with Crippen LogP contribution in [0.25, 0.3) is 0 Å². The van der Waals surface area contributed by atoms with Crippen molar-refractivity contribution in [2.24, 2.45) is 4.99 Å². The number of hydrogen-bond acceptors (Lipinski definition) is 9. The molecule has 2 aromatic rings. The first-order chi connectivity index (χ1) is 13.9. The monoisotopic (exact) mass is 438 g/mol. The van der Waals surface area contributed by atoms with Crippen molar-refractivity contribution in [1.82, 2.24) is 4.98 Å². The fourth-order valence-electron chi connectivity index (χ4n) is 2.87. The number of nitrogens with zero attached hydrogens (tertiary/aromatic N) is 2. The van der Waals surface area contributed by atoms with Crippen molar-refractivity contribution < 1.29 is 18.3 Å². The Bertz CT molecular complexity index is 905. The van der Waals surface area contributed by atoms with E-state index >= 15 is 0 Å². The van der Waals surface area contributed by atoms with Crippen LogP contribution in [0.15, 0.2) is 28.6 Å². The number of aliphatic imine (C=N–C) groups is 1. The lowest BCUT2D eigenvalue weighted by molar-refractivity contribution is 0.219. The highest BCUT2D eigenvalue weighted by molar-refractivity contribution is 7.53. The van der Waals surface area contributed by atoms with E-state index in [4.69, 9.17) is 13.8 Å². The summed E-state index contributed by atoms with van der Waals surface area (Å²) in [5.74, 6) is 1.50. The van der Waals surface area contributed by atoms with E-state index in [0.717, 1.165) is 17.0 Å². The van der Waals surface area contributed by atoms with Crippen molar-refractivity contribution in [3.8, 4) is 5.75 Å². The van der Waals surface area contributed by atoms with Gasteiger partial charge in [-0.25, -0.2) is 9.98 Å². The standard InChI is InChI=1S/C19H27N4O4PS/c1-5-25-28(24,26-6-2)10-14-11-29-19(22-14)23-18-16-9-15(27-13(3)4)7-8-17(16)20-12-21-18/h7-9,11,13,20H,5-6,10,12H2,1-4H3,(H,21,22,23). The number of ether oxygens (including phenoxy) is 1. The van der Waals surface area contributed by atoms with Crippen molar-refractivity contribution in [3.63, 3.8) is 0 Å². The van der Waals surface area contributed by atoms with E-state index in [9.17, 15) is 4.57 Å². The Morgan fingerprint density at radius 3 is 2.72 bits per heavy atom. The Morgan fingerprint density at radius 1 is 1.28 bits per heavy atom. The average molecular weight is 438 g/mol. The minimum Gasteiger partial charge on any atom is -0.491 e. The van der Waals surface area contributed by atoms with Crippen LogP contribution in [0.5, 0.6) is 5.75 Å². The summed E-state index contributed by atoms with van der Waals surface area (Å²) in [6.07, 6.45) is 0.231. The molecule has 0 saturated carbocycles. The van der Waals surface area contributed by atoms with Gasteiger partial charge >= 0.3 is 7.60 Å². The molecule has 3 rings (SSSR count). The summed E-state index contributed by atoms with van der Waals surface area (Å²) in [6.45, 7) is 8.70. The maximum atomic E-state index is 12.7. The number of hydrogen-bond donors (Lipinski definition) is 2. The number of benzene rings is 1. The van der Waals surface area contributed by atoms with Crippen LogP contribution in [0.4, 0.5) is 10.8 Å². The zero-order chi connectivity index (χ0) is 20.9. The first-order valence-electron chi connectivity index (χ1n) is 9.61. The van der Waals surface area contributed by atoms with E-state index < -0.39 is 7.60 Å². The molecule has 0 spiro atoms. The molecular formula is C19H27N4O4PS. The van der Waals surface area contributed by atoms with Gasteiger partial charge in [-0.1, -0.05) is 0 Å². The number of thiazole rings is 1. The van der Waals surface area contributed by atoms with Crippen LogP contribution in [-0.4, -0.2) is 36.8 Å². The number of amidine groups is 1. The topological polar surface area (TPSA) is 94.1 Å². The number of nitrogens with one attached hydrogen (secondary N) is 2. The molecule has 0 radical (unpaired) electrons. The molecule has 1 aromatic heterocycles. The molecule has 0 fully saturated rings. The lowest BCUT2D eigenvalue weighted by Crippen LogP contribution is -2.22. The lowest BCUT2D eigenvalue weighted by Gasteiger charge is -2.20. The van der Waals surface area contributed by atoms with Gasteiger partial charge in [0.1, 0.15) is 18.3 Å². The molecule has 29 heavy (non-hydrogen) atoms. The summed E-state index contributed by atoms with van der Waals surface area (Å²) in [7, 11) is -3.18. The second-order valence-corrected chi connectivity index (χ2v) is 9.50. The highest BCUT2D eigenvalue weighted by atomic mass is 32.1. The highest BCUT2D eigenvalue weighted by Crippen LogP contribution is 2.51. The van der Waals surface area contributed by atoms with Crippen molar-refractivity contribution in [2.45, 2.75) is 40.0 Å². The Hall–Kier alpha value is -1.93. The molecular weight excluding hydrogens is 411 g/mol. The minimum atomic E-state index is -3.18. The first-order valence-corrected chi connectivity index (χ1v) is 12.2. The molecule has 0 saturated heterocycles. The van der Waals surface area contributed by atoms with Gasteiger partial charge in [-0.3, -0.25) is 4.57 Å². The van der Waals surface area contributed by atoms with Gasteiger partial charge in [0.05, 0.1) is 31.2 Å². The van der Waals surface area contributed by atoms with Crippen LogP contribution in [0, 0.1) is 0 Å². The van der Waals surface area contributed by atoms with Crippen LogP contribution in [0.2, 0.25) is 0 Å². The molecule has 2 heterocycles. The Balaban J connectivity index is 1.75. The van der Waals surface area contributed by atoms with E-state index in [-0.39, 0.29) is 12.3 Å². The molecule has 0 atom stereocenters. The number of fused-ring (bicyclic) bond motifs is 1. The summed E-state index contributed by atoms with van der Waals surface area (Å²) in [5.41, 5.74) is 2.56. The van der Waals surface area contributed by atoms with Crippen LogP contribution < -0.4 is 15.4 Å². The fraction of sp³-hybridized carbons (Fsp3) is 0.474. The largest absolute Gasteiger partial charge is 0.491 e. The predicted molar refractivity (Wildman–Crippen MR) is 118 cm³/mol. The van der Waals surface area contributed by atoms with Crippen LogP contribution in [-0.2, 0) is 19.8 Å². The molecule has 0 unspecified atom stereocenters. The zero-order valence-corrected chi connectivity index (χ0v) is 18.8. The van der Waals surface area contributed by atoms with Crippen LogP contribution >= 0.6 is 18.9 Å². The van der Waals surface area contributed by atoms with Crippen LogP contribution in [0.1, 0.15) is 39.0 Å². The molecule has 0 bridgehead atoms.